The van der Waals surface area contributed by atoms with Crippen molar-refractivity contribution < 1.29 is 29.0 Å². The number of hydrogen-bond donors (Lipinski definition) is 2. The summed E-state index contributed by atoms with van der Waals surface area (Å²) in [7, 11) is 0. The summed E-state index contributed by atoms with van der Waals surface area (Å²) in [4.78, 5) is 35.4. The second kappa shape index (κ2) is 7.54. The Balaban J connectivity index is 2.28. The molecular formula is C15H12FNO5S2. The molecule has 1 aliphatic heterocycles. The Labute approximate surface area is 146 Å². The van der Waals surface area contributed by atoms with Crippen molar-refractivity contribution in [1.29, 1.82) is 0 Å². The number of hydrogen-bond acceptors (Lipinski definition) is 5. The van der Waals surface area contributed by atoms with Crippen LogP contribution in [0.4, 0.5) is 4.39 Å². The minimum atomic E-state index is -1.37. The monoisotopic (exact) mass is 369 g/mol. The van der Waals surface area contributed by atoms with Gasteiger partial charge >= 0.3 is 11.9 Å². The molecule has 0 radical (unpaired) electrons. The number of nitrogens with zero attached hydrogens (tertiary/aromatic N) is 1. The van der Waals surface area contributed by atoms with Crippen LogP contribution in [-0.2, 0) is 14.4 Å². The highest BCUT2D eigenvalue weighted by Gasteiger charge is 2.40. The predicted molar refractivity (Wildman–Crippen MR) is 89.7 cm³/mol. The third-order valence-electron chi connectivity index (χ3n) is 3.24. The van der Waals surface area contributed by atoms with E-state index in [4.69, 9.17) is 17.3 Å². The number of aliphatic carboxylic acids is 2. The number of rotatable bonds is 6. The van der Waals surface area contributed by atoms with E-state index >= 15 is 0 Å². The van der Waals surface area contributed by atoms with E-state index in [1.54, 1.807) is 6.07 Å². The van der Waals surface area contributed by atoms with Crippen LogP contribution in [0.1, 0.15) is 18.4 Å². The largest absolute Gasteiger partial charge is 0.481 e. The SMILES string of the molecule is O=C(O)CC[C@H](C(=O)O)N1C(=O)/C(=C\c2ccccc2F)SC1=S. The quantitative estimate of drug-likeness (QED) is 0.587. The molecule has 1 saturated heterocycles. The molecule has 1 aromatic carbocycles. The zero-order valence-electron chi connectivity index (χ0n) is 12.1. The number of benzene rings is 1. The van der Waals surface area contributed by atoms with Gasteiger partial charge in [0.25, 0.3) is 5.91 Å². The van der Waals surface area contributed by atoms with Gasteiger partial charge in [0.1, 0.15) is 16.2 Å². The maximum absolute atomic E-state index is 13.7. The molecule has 0 saturated carbocycles. The molecule has 2 N–H and O–H groups in total. The number of thioether (sulfide) groups is 1. The molecule has 1 amide bonds. The van der Waals surface area contributed by atoms with E-state index in [0.717, 1.165) is 16.7 Å². The number of carboxylic acid groups (broad SMARTS) is 2. The number of thiocarbonyl (C=S) groups is 1. The molecule has 0 unspecified atom stereocenters. The molecule has 9 heteroatoms. The van der Waals surface area contributed by atoms with Gasteiger partial charge in [0.15, 0.2) is 0 Å². The Bertz CT molecular complexity index is 749. The molecule has 6 nitrogen and oxygen atoms in total. The summed E-state index contributed by atoms with van der Waals surface area (Å²) < 4.78 is 13.7. The van der Waals surface area contributed by atoms with Gasteiger partial charge in [0.05, 0.1) is 4.91 Å². The van der Waals surface area contributed by atoms with E-state index < -0.39 is 36.1 Å². The number of halogens is 1. The lowest BCUT2D eigenvalue weighted by atomic mass is 10.1. The summed E-state index contributed by atoms with van der Waals surface area (Å²) >= 11 is 5.90. The average Bonchev–Trinajstić information content (AvgIpc) is 2.77. The number of carbonyl (C=O) groups excluding carboxylic acids is 1. The summed E-state index contributed by atoms with van der Waals surface area (Å²) in [5, 5.41) is 18.0. The smallest absolute Gasteiger partial charge is 0.326 e. The van der Waals surface area contributed by atoms with E-state index in [2.05, 4.69) is 0 Å². The first-order chi connectivity index (χ1) is 11.3. The van der Waals surface area contributed by atoms with Crippen LogP contribution < -0.4 is 0 Å². The predicted octanol–water partition coefficient (Wildman–Crippen LogP) is 2.34. The third kappa shape index (κ3) is 3.98. The highest BCUT2D eigenvalue weighted by Crippen LogP contribution is 2.35. The van der Waals surface area contributed by atoms with E-state index in [1.165, 1.54) is 24.3 Å². The van der Waals surface area contributed by atoms with Crippen molar-refractivity contribution in [3.05, 3.63) is 40.6 Å². The van der Waals surface area contributed by atoms with Crippen molar-refractivity contribution >= 4 is 52.2 Å². The molecule has 0 spiro atoms. The van der Waals surface area contributed by atoms with Gasteiger partial charge in [-0.25, -0.2) is 9.18 Å². The van der Waals surface area contributed by atoms with Gasteiger partial charge in [0.2, 0.25) is 0 Å². The van der Waals surface area contributed by atoms with Crippen molar-refractivity contribution in [2.24, 2.45) is 0 Å². The summed E-state index contributed by atoms with van der Waals surface area (Å²) in [6, 6.07) is 4.44. The first-order valence-corrected chi connectivity index (χ1v) is 8.00. The van der Waals surface area contributed by atoms with Crippen molar-refractivity contribution in [1.82, 2.24) is 4.90 Å². The molecule has 2 rings (SSSR count). The molecule has 1 fully saturated rings. The molecule has 126 valence electrons. The third-order valence-corrected chi connectivity index (χ3v) is 4.57. The zero-order valence-corrected chi connectivity index (χ0v) is 13.8. The van der Waals surface area contributed by atoms with E-state index in [-0.39, 0.29) is 21.2 Å². The topological polar surface area (TPSA) is 94.9 Å². The van der Waals surface area contributed by atoms with Gasteiger partial charge in [-0.3, -0.25) is 14.5 Å². The van der Waals surface area contributed by atoms with Crippen LogP contribution in [0.3, 0.4) is 0 Å². The van der Waals surface area contributed by atoms with Crippen molar-refractivity contribution in [3.63, 3.8) is 0 Å². The lowest BCUT2D eigenvalue weighted by Gasteiger charge is -2.22. The maximum atomic E-state index is 13.7. The lowest BCUT2D eigenvalue weighted by molar-refractivity contribution is -0.146. The van der Waals surface area contributed by atoms with Gasteiger partial charge in [-0.2, -0.15) is 0 Å². The maximum Gasteiger partial charge on any atom is 0.326 e. The average molecular weight is 369 g/mol. The van der Waals surface area contributed by atoms with Crippen molar-refractivity contribution in [2.45, 2.75) is 18.9 Å². The fourth-order valence-corrected chi connectivity index (χ4v) is 3.45. The van der Waals surface area contributed by atoms with E-state index in [0.29, 0.717) is 0 Å². The summed E-state index contributed by atoms with van der Waals surface area (Å²) in [5.41, 5.74) is 0.176. The number of carboxylic acids is 2. The van der Waals surface area contributed by atoms with Crippen LogP contribution >= 0.6 is 24.0 Å². The van der Waals surface area contributed by atoms with Gasteiger partial charge in [0, 0.05) is 12.0 Å². The summed E-state index contributed by atoms with van der Waals surface area (Å²) in [5.74, 6) is -3.72. The minimum Gasteiger partial charge on any atom is -0.481 e. The van der Waals surface area contributed by atoms with Gasteiger partial charge < -0.3 is 10.2 Å². The Morgan fingerprint density at radius 1 is 1.33 bits per heavy atom. The molecule has 0 bridgehead atoms. The first kappa shape index (κ1) is 18.1. The fraction of sp³-hybridized carbons (Fsp3) is 0.200. The van der Waals surface area contributed by atoms with Gasteiger partial charge in [-0.05, 0) is 18.6 Å². The molecule has 1 heterocycles. The first-order valence-electron chi connectivity index (χ1n) is 6.77. The molecule has 0 aromatic heterocycles. The van der Waals surface area contributed by atoms with Crippen LogP contribution in [0.15, 0.2) is 29.2 Å². The molecule has 1 aromatic rings. The normalized spacial score (nSPS) is 17.4. The van der Waals surface area contributed by atoms with Crippen LogP contribution in [0, 0.1) is 5.82 Å². The lowest BCUT2D eigenvalue weighted by Crippen LogP contribution is -2.44. The van der Waals surface area contributed by atoms with Crippen LogP contribution in [0.5, 0.6) is 0 Å². The Kier molecular flexibility index (Phi) is 5.68. The molecule has 1 atom stereocenters. The Morgan fingerprint density at radius 3 is 2.58 bits per heavy atom. The number of amides is 1. The number of carbonyl (C=O) groups is 3. The Morgan fingerprint density at radius 2 is 2.00 bits per heavy atom. The zero-order chi connectivity index (χ0) is 17.9. The molecule has 1 aliphatic rings. The molecule has 0 aliphatic carbocycles. The highest BCUT2D eigenvalue weighted by atomic mass is 32.2. The van der Waals surface area contributed by atoms with Crippen LogP contribution in [0.2, 0.25) is 0 Å². The Hall–Kier alpha value is -2.26. The van der Waals surface area contributed by atoms with E-state index in [9.17, 15) is 23.9 Å². The van der Waals surface area contributed by atoms with Crippen molar-refractivity contribution in [3.8, 4) is 0 Å². The van der Waals surface area contributed by atoms with Gasteiger partial charge in [-0.1, -0.05) is 42.2 Å². The van der Waals surface area contributed by atoms with Crippen molar-refractivity contribution in [2.75, 3.05) is 0 Å². The van der Waals surface area contributed by atoms with Gasteiger partial charge in [-0.15, -0.1) is 0 Å². The van der Waals surface area contributed by atoms with E-state index in [1.807, 2.05) is 0 Å². The summed E-state index contributed by atoms with van der Waals surface area (Å²) in [6.07, 6.45) is 0.606. The minimum absolute atomic E-state index is 0.000350. The second-order valence-electron chi connectivity index (χ2n) is 4.86. The van der Waals surface area contributed by atoms with Crippen LogP contribution in [0.25, 0.3) is 6.08 Å². The fourth-order valence-electron chi connectivity index (χ4n) is 2.11. The second-order valence-corrected chi connectivity index (χ2v) is 6.54. The highest BCUT2D eigenvalue weighted by molar-refractivity contribution is 8.26. The summed E-state index contributed by atoms with van der Waals surface area (Å²) in [6.45, 7) is 0. The van der Waals surface area contributed by atoms with Crippen LogP contribution in [-0.4, -0.2) is 43.3 Å². The molecule has 24 heavy (non-hydrogen) atoms. The molecular weight excluding hydrogens is 357 g/mol. The standard InChI is InChI=1S/C15H12FNO5S2/c16-9-4-2-1-3-8(9)7-11-13(20)17(15(23)24-11)10(14(21)22)5-6-12(18)19/h1-4,7,10H,5-6H2,(H,18,19)(H,21,22)/b11-7+/t10-/m1/s1.